The van der Waals surface area contributed by atoms with Crippen LogP contribution in [0.15, 0.2) is 52.6 Å². The Morgan fingerprint density at radius 2 is 2.04 bits per heavy atom. The molecule has 2 rings (SSSR count). The fourth-order valence-corrected chi connectivity index (χ4v) is 2.64. The van der Waals surface area contributed by atoms with Crippen molar-refractivity contribution in [3.63, 3.8) is 0 Å². The highest BCUT2D eigenvalue weighted by atomic mass is 32.2. The molecule has 0 unspecified atom stereocenters. The van der Waals surface area contributed by atoms with Gasteiger partial charge in [0, 0.05) is 17.8 Å². The van der Waals surface area contributed by atoms with Crippen LogP contribution in [0.1, 0.15) is 18.2 Å². The quantitative estimate of drug-likeness (QED) is 0.510. The fourth-order valence-electron chi connectivity index (χ4n) is 1.77. The Balaban J connectivity index is 2.29. The molecule has 8 nitrogen and oxygen atoms in total. The molecule has 0 aliphatic rings. The molecule has 23 heavy (non-hydrogen) atoms. The van der Waals surface area contributed by atoms with E-state index in [9.17, 15) is 18.5 Å². The second-order valence-corrected chi connectivity index (χ2v) is 6.37. The Kier molecular flexibility index (Phi) is 4.70. The van der Waals surface area contributed by atoms with E-state index in [0.29, 0.717) is 17.0 Å². The van der Waals surface area contributed by atoms with Gasteiger partial charge in [0.1, 0.15) is 0 Å². The van der Waals surface area contributed by atoms with Crippen LogP contribution in [0, 0.1) is 17.0 Å². The van der Waals surface area contributed by atoms with Crippen LogP contribution >= 0.6 is 0 Å². The van der Waals surface area contributed by atoms with Crippen molar-refractivity contribution < 1.29 is 13.3 Å². The summed E-state index contributed by atoms with van der Waals surface area (Å²) in [6.07, 6.45) is 1.56. The highest BCUT2D eigenvalue weighted by molar-refractivity contribution is 7.89. The first-order valence-corrected chi connectivity index (χ1v) is 8.02. The van der Waals surface area contributed by atoms with E-state index >= 15 is 0 Å². The molecule has 2 aromatic rings. The first-order chi connectivity index (χ1) is 10.8. The maximum absolute atomic E-state index is 12.2. The lowest BCUT2D eigenvalue weighted by Crippen LogP contribution is -2.20. The molecule has 0 bridgehead atoms. The van der Waals surface area contributed by atoms with Crippen molar-refractivity contribution in [3.8, 4) is 0 Å². The first kappa shape index (κ1) is 16.6. The van der Waals surface area contributed by atoms with Crippen molar-refractivity contribution >= 4 is 21.4 Å². The third-order valence-electron chi connectivity index (χ3n) is 3.06. The predicted molar refractivity (Wildman–Crippen MR) is 84.6 cm³/mol. The molecule has 120 valence electrons. The standard InChI is InChI=1S/C14H14N4O4S/c1-10-6-7-12(9-14(10)18(19)20)23(21,22)17-16-11(2)13-5-3-4-8-15-13/h3-9,17H,1-2H3/b16-11+. The van der Waals surface area contributed by atoms with Crippen LogP contribution in [0.2, 0.25) is 0 Å². The number of nitrogens with one attached hydrogen (secondary N) is 1. The Morgan fingerprint density at radius 3 is 2.65 bits per heavy atom. The Hall–Kier alpha value is -2.81. The molecule has 0 radical (unpaired) electrons. The van der Waals surface area contributed by atoms with E-state index in [1.165, 1.54) is 19.1 Å². The second kappa shape index (κ2) is 6.53. The van der Waals surface area contributed by atoms with Crippen LogP contribution in [0.25, 0.3) is 0 Å². The van der Waals surface area contributed by atoms with Gasteiger partial charge in [-0.2, -0.15) is 18.4 Å². The number of rotatable bonds is 5. The van der Waals surface area contributed by atoms with E-state index in [2.05, 4.69) is 14.9 Å². The number of hydrogen-bond donors (Lipinski definition) is 1. The minimum Gasteiger partial charge on any atom is -0.258 e. The summed E-state index contributed by atoms with van der Waals surface area (Å²) in [5.41, 5.74) is 1.00. The van der Waals surface area contributed by atoms with Crippen LogP contribution in [0.4, 0.5) is 5.69 Å². The molecule has 1 aromatic carbocycles. The predicted octanol–water partition coefficient (Wildman–Crippen LogP) is 2.00. The average molecular weight is 334 g/mol. The van der Waals surface area contributed by atoms with Gasteiger partial charge in [0.25, 0.3) is 15.7 Å². The third kappa shape index (κ3) is 3.89. The van der Waals surface area contributed by atoms with Crippen LogP contribution in [-0.4, -0.2) is 24.0 Å². The summed E-state index contributed by atoms with van der Waals surface area (Å²) in [7, 11) is -4.01. The Morgan fingerprint density at radius 1 is 1.30 bits per heavy atom. The number of aromatic nitrogens is 1. The monoisotopic (exact) mass is 334 g/mol. The zero-order valence-corrected chi connectivity index (χ0v) is 13.2. The largest absolute Gasteiger partial charge is 0.276 e. The number of aryl methyl sites for hydroxylation is 1. The molecule has 0 saturated carbocycles. The number of nitrogens with zero attached hydrogens (tertiary/aromatic N) is 3. The van der Waals surface area contributed by atoms with E-state index in [1.54, 1.807) is 31.3 Å². The summed E-state index contributed by atoms with van der Waals surface area (Å²) >= 11 is 0. The maximum atomic E-state index is 12.2. The summed E-state index contributed by atoms with van der Waals surface area (Å²) in [6.45, 7) is 3.13. The molecule has 9 heteroatoms. The van der Waals surface area contributed by atoms with E-state index in [4.69, 9.17) is 0 Å². The number of hydrazone groups is 1. The second-order valence-electron chi connectivity index (χ2n) is 4.71. The van der Waals surface area contributed by atoms with Gasteiger partial charge in [-0.15, -0.1) is 0 Å². The van der Waals surface area contributed by atoms with Gasteiger partial charge in [-0.1, -0.05) is 12.1 Å². The van der Waals surface area contributed by atoms with Gasteiger partial charge in [-0.25, -0.2) is 0 Å². The van der Waals surface area contributed by atoms with Gasteiger partial charge in [0.2, 0.25) is 0 Å². The van der Waals surface area contributed by atoms with E-state index in [0.717, 1.165) is 6.07 Å². The number of pyridine rings is 1. The SMILES string of the molecule is C/C(=N\NS(=O)(=O)c1ccc(C)c([N+](=O)[O-])c1)c1ccccn1. The van der Waals surface area contributed by atoms with Gasteiger partial charge in [0.05, 0.1) is 21.2 Å². The lowest BCUT2D eigenvalue weighted by molar-refractivity contribution is -0.385. The molecule has 1 heterocycles. The lowest BCUT2D eigenvalue weighted by Gasteiger charge is -2.06. The maximum Gasteiger partial charge on any atom is 0.276 e. The van der Waals surface area contributed by atoms with Crippen LogP contribution < -0.4 is 4.83 Å². The van der Waals surface area contributed by atoms with Crippen molar-refractivity contribution in [2.75, 3.05) is 0 Å². The Labute approximate surface area is 133 Å². The van der Waals surface area contributed by atoms with Gasteiger partial charge < -0.3 is 0 Å². The molecule has 0 atom stereocenters. The van der Waals surface area contributed by atoms with Gasteiger partial charge >= 0.3 is 0 Å². The van der Waals surface area contributed by atoms with Gasteiger partial charge in [-0.3, -0.25) is 15.1 Å². The first-order valence-electron chi connectivity index (χ1n) is 6.54. The molecular weight excluding hydrogens is 320 g/mol. The minimum atomic E-state index is -4.01. The van der Waals surface area contributed by atoms with Crippen molar-refractivity contribution in [3.05, 3.63) is 64.0 Å². The zero-order valence-electron chi connectivity index (χ0n) is 12.4. The molecule has 0 aliphatic carbocycles. The molecule has 0 amide bonds. The molecule has 0 spiro atoms. The minimum absolute atomic E-state index is 0.229. The topological polar surface area (TPSA) is 115 Å². The number of hydrogen-bond acceptors (Lipinski definition) is 6. The number of nitro groups is 1. The summed E-state index contributed by atoms with van der Waals surface area (Å²) in [5, 5.41) is 14.7. The molecule has 0 saturated heterocycles. The van der Waals surface area contributed by atoms with E-state index in [1.807, 2.05) is 0 Å². The van der Waals surface area contributed by atoms with Crippen LogP contribution in [0.5, 0.6) is 0 Å². The zero-order chi connectivity index (χ0) is 17.0. The Bertz CT molecular complexity index is 864. The normalized spacial score (nSPS) is 12.0. The molecule has 0 aliphatic heterocycles. The van der Waals surface area contributed by atoms with Crippen LogP contribution in [-0.2, 0) is 10.0 Å². The molecule has 1 N–H and O–H groups in total. The van der Waals surface area contributed by atoms with Crippen molar-refractivity contribution in [1.29, 1.82) is 0 Å². The average Bonchev–Trinajstić information content (AvgIpc) is 2.53. The molecule has 1 aromatic heterocycles. The highest BCUT2D eigenvalue weighted by Gasteiger charge is 2.19. The van der Waals surface area contributed by atoms with E-state index < -0.39 is 14.9 Å². The number of nitro benzene ring substituents is 1. The third-order valence-corrected chi connectivity index (χ3v) is 4.26. The summed E-state index contributed by atoms with van der Waals surface area (Å²) in [6, 6.07) is 8.83. The number of sulfonamides is 1. The fraction of sp³-hybridized carbons (Fsp3) is 0.143. The molecular formula is C14H14N4O4S. The smallest absolute Gasteiger partial charge is 0.258 e. The lowest BCUT2D eigenvalue weighted by atomic mass is 10.2. The summed E-state index contributed by atoms with van der Waals surface area (Å²) < 4.78 is 24.4. The number of benzene rings is 1. The summed E-state index contributed by atoms with van der Waals surface area (Å²) in [4.78, 5) is 16.2. The van der Waals surface area contributed by atoms with Crippen molar-refractivity contribution in [2.45, 2.75) is 18.7 Å². The summed E-state index contributed by atoms with van der Waals surface area (Å²) in [5.74, 6) is 0. The van der Waals surface area contributed by atoms with Gasteiger partial charge in [-0.05, 0) is 32.0 Å². The van der Waals surface area contributed by atoms with Gasteiger partial charge in [0.15, 0.2) is 0 Å². The van der Waals surface area contributed by atoms with Crippen molar-refractivity contribution in [2.24, 2.45) is 5.10 Å². The molecule has 0 fully saturated rings. The highest BCUT2D eigenvalue weighted by Crippen LogP contribution is 2.22. The van der Waals surface area contributed by atoms with Crippen LogP contribution in [0.3, 0.4) is 0 Å². The van der Waals surface area contributed by atoms with E-state index in [-0.39, 0.29) is 10.6 Å². The van der Waals surface area contributed by atoms with Crippen molar-refractivity contribution in [1.82, 2.24) is 9.82 Å².